The van der Waals surface area contributed by atoms with Gasteiger partial charge < -0.3 is 15.5 Å². The summed E-state index contributed by atoms with van der Waals surface area (Å²) in [6.45, 7) is 15.9. The summed E-state index contributed by atoms with van der Waals surface area (Å²) < 4.78 is 0. The normalized spacial score (nSPS) is 15.2. The molecule has 2 heterocycles. The van der Waals surface area contributed by atoms with Gasteiger partial charge in [-0.15, -0.1) is 0 Å². The SMILES string of the molecule is CCN(CC)CCCC(=S)Cc1ccc2nc(N3CCN(CCN)CC3)cc(C)c2c1. The third-order valence-electron chi connectivity index (χ3n) is 6.43. The highest BCUT2D eigenvalue weighted by Crippen LogP contribution is 2.25. The monoisotopic (exact) mass is 441 g/mol. The molecule has 0 bridgehead atoms. The second-order valence-corrected chi connectivity index (χ2v) is 9.19. The number of thiocarbonyl (C=S) groups is 1. The molecule has 0 amide bonds. The number of piperazine rings is 1. The summed E-state index contributed by atoms with van der Waals surface area (Å²) >= 11 is 5.70. The van der Waals surface area contributed by atoms with Crippen molar-refractivity contribution < 1.29 is 0 Å². The van der Waals surface area contributed by atoms with Crippen LogP contribution in [0.2, 0.25) is 0 Å². The summed E-state index contributed by atoms with van der Waals surface area (Å²) in [5.41, 5.74) is 9.37. The zero-order valence-corrected chi connectivity index (χ0v) is 20.4. The fourth-order valence-corrected chi connectivity index (χ4v) is 4.75. The van der Waals surface area contributed by atoms with Crippen LogP contribution in [0.15, 0.2) is 24.3 Å². The number of rotatable bonds is 11. The first kappa shape index (κ1) is 24.1. The van der Waals surface area contributed by atoms with E-state index in [1.54, 1.807) is 0 Å². The van der Waals surface area contributed by atoms with Gasteiger partial charge in [-0.1, -0.05) is 32.1 Å². The van der Waals surface area contributed by atoms with Crippen LogP contribution < -0.4 is 10.6 Å². The summed E-state index contributed by atoms with van der Waals surface area (Å²) in [6, 6.07) is 8.91. The van der Waals surface area contributed by atoms with Crippen LogP contribution in [-0.2, 0) is 6.42 Å². The van der Waals surface area contributed by atoms with E-state index in [0.29, 0.717) is 0 Å². The summed E-state index contributed by atoms with van der Waals surface area (Å²) in [4.78, 5) is 13.4. The topological polar surface area (TPSA) is 48.6 Å². The predicted molar refractivity (Wildman–Crippen MR) is 138 cm³/mol. The van der Waals surface area contributed by atoms with E-state index < -0.39 is 0 Å². The maximum Gasteiger partial charge on any atom is 0.129 e. The lowest BCUT2D eigenvalue weighted by atomic mass is 10.0. The lowest BCUT2D eigenvalue weighted by Crippen LogP contribution is -2.48. The molecule has 0 spiro atoms. The number of aryl methyl sites for hydroxylation is 1. The van der Waals surface area contributed by atoms with Crippen LogP contribution >= 0.6 is 12.2 Å². The lowest BCUT2D eigenvalue weighted by Gasteiger charge is -2.35. The Morgan fingerprint density at radius 3 is 2.55 bits per heavy atom. The highest BCUT2D eigenvalue weighted by atomic mass is 32.1. The summed E-state index contributed by atoms with van der Waals surface area (Å²) in [6.07, 6.45) is 3.06. The number of hydrogen-bond acceptors (Lipinski definition) is 6. The summed E-state index contributed by atoms with van der Waals surface area (Å²) in [7, 11) is 0. The van der Waals surface area contributed by atoms with Gasteiger partial charge in [-0.25, -0.2) is 4.98 Å². The van der Waals surface area contributed by atoms with Crippen LogP contribution in [0.25, 0.3) is 10.9 Å². The molecule has 0 aliphatic carbocycles. The van der Waals surface area contributed by atoms with Crippen LogP contribution in [0.1, 0.15) is 37.8 Å². The van der Waals surface area contributed by atoms with Gasteiger partial charge in [-0.2, -0.15) is 0 Å². The van der Waals surface area contributed by atoms with Crippen molar-refractivity contribution in [3.05, 3.63) is 35.4 Å². The Bertz CT molecular complexity index is 856. The van der Waals surface area contributed by atoms with Crippen LogP contribution in [-0.4, -0.2) is 78.6 Å². The second kappa shape index (κ2) is 11.9. The molecule has 0 radical (unpaired) electrons. The number of nitrogens with zero attached hydrogens (tertiary/aromatic N) is 4. The highest BCUT2D eigenvalue weighted by molar-refractivity contribution is 7.80. The molecule has 6 heteroatoms. The van der Waals surface area contributed by atoms with Crippen molar-refractivity contribution in [3.8, 4) is 0 Å². The minimum absolute atomic E-state index is 0.731. The molecular weight excluding hydrogens is 402 g/mol. The Labute approximate surface area is 193 Å². The second-order valence-electron chi connectivity index (χ2n) is 8.61. The molecule has 1 aliphatic rings. The molecular formula is C25H39N5S. The molecule has 0 atom stereocenters. The largest absolute Gasteiger partial charge is 0.354 e. The average Bonchev–Trinajstić information content (AvgIpc) is 2.78. The molecule has 1 aromatic heterocycles. The van der Waals surface area contributed by atoms with Crippen LogP contribution in [0, 0.1) is 6.92 Å². The zero-order chi connectivity index (χ0) is 22.2. The van der Waals surface area contributed by atoms with Crippen molar-refractivity contribution in [1.29, 1.82) is 0 Å². The lowest BCUT2D eigenvalue weighted by molar-refractivity contribution is 0.264. The Balaban J connectivity index is 1.62. The van der Waals surface area contributed by atoms with Crippen molar-refractivity contribution >= 4 is 33.8 Å². The molecule has 3 rings (SSSR count). The van der Waals surface area contributed by atoms with E-state index in [0.717, 1.165) is 94.4 Å². The zero-order valence-electron chi connectivity index (χ0n) is 19.6. The van der Waals surface area contributed by atoms with E-state index in [2.05, 4.69) is 59.7 Å². The van der Waals surface area contributed by atoms with Gasteiger partial charge in [-0.3, -0.25) is 4.90 Å². The van der Waals surface area contributed by atoms with Crippen molar-refractivity contribution in [2.75, 3.05) is 63.8 Å². The number of aromatic nitrogens is 1. The maximum absolute atomic E-state index is 5.70. The van der Waals surface area contributed by atoms with Gasteiger partial charge in [0.2, 0.25) is 0 Å². The van der Waals surface area contributed by atoms with E-state index in [9.17, 15) is 0 Å². The molecule has 2 aromatic rings. The van der Waals surface area contributed by atoms with Crippen LogP contribution in [0.3, 0.4) is 0 Å². The van der Waals surface area contributed by atoms with Crippen molar-refractivity contribution in [2.24, 2.45) is 5.73 Å². The number of fused-ring (bicyclic) bond motifs is 1. The molecule has 1 saturated heterocycles. The Morgan fingerprint density at radius 1 is 1.13 bits per heavy atom. The molecule has 1 fully saturated rings. The first-order valence-corrected chi connectivity index (χ1v) is 12.3. The molecule has 5 nitrogen and oxygen atoms in total. The van der Waals surface area contributed by atoms with Crippen molar-refractivity contribution in [1.82, 2.24) is 14.8 Å². The van der Waals surface area contributed by atoms with E-state index in [1.165, 1.54) is 16.5 Å². The van der Waals surface area contributed by atoms with Crippen molar-refractivity contribution in [3.63, 3.8) is 0 Å². The maximum atomic E-state index is 5.70. The highest BCUT2D eigenvalue weighted by Gasteiger charge is 2.18. The van der Waals surface area contributed by atoms with E-state index in [1.807, 2.05) is 0 Å². The molecule has 1 aliphatic heterocycles. The first-order chi connectivity index (χ1) is 15.0. The van der Waals surface area contributed by atoms with Crippen LogP contribution in [0.5, 0.6) is 0 Å². The molecule has 0 saturated carbocycles. The summed E-state index contributed by atoms with van der Waals surface area (Å²) in [5.74, 6) is 1.09. The Morgan fingerprint density at radius 2 is 1.87 bits per heavy atom. The Hall–Kier alpha value is -1.60. The van der Waals surface area contributed by atoms with E-state index >= 15 is 0 Å². The Kier molecular flexibility index (Phi) is 9.20. The van der Waals surface area contributed by atoms with Gasteiger partial charge in [0.25, 0.3) is 0 Å². The van der Waals surface area contributed by atoms with Crippen LogP contribution in [0.4, 0.5) is 5.82 Å². The van der Waals surface area contributed by atoms with Gasteiger partial charge in [0.1, 0.15) is 5.82 Å². The number of pyridine rings is 1. The third-order valence-corrected chi connectivity index (χ3v) is 6.78. The standard InChI is InChI=1S/C25H39N5S/c1-4-28(5-2)11-6-7-22(31)18-21-8-9-24-23(19-21)20(3)17-25(27-24)30-15-13-29(12-10-26)14-16-30/h8-9,17,19H,4-7,10-16,18,26H2,1-3H3. The predicted octanol–water partition coefficient (Wildman–Crippen LogP) is 3.66. The van der Waals surface area contributed by atoms with E-state index in [4.69, 9.17) is 22.9 Å². The number of nitrogens with two attached hydrogens (primary N) is 1. The number of benzene rings is 1. The fourth-order valence-electron chi connectivity index (χ4n) is 4.43. The average molecular weight is 442 g/mol. The van der Waals surface area contributed by atoms with Gasteiger partial charge in [0, 0.05) is 51.1 Å². The van der Waals surface area contributed by atoms with Gasteiger partial charge in [0.05, 0.1) is 5.52 Å². The molecule has 31 heavy (non-hydrogen) atoms. The fraction of sp³-hybridized carbons (Fsp3) is 0.600. The third kappa shape index (κ3) is 6.69. The molecule has 170 valence electrons. The minimum Gasteiger partial charge on any atom is -0.354 e. The molecule has 2 N–H and O–H groups in total. The van der Waals surface area contributed by atoms with Gasteiger partial charge >= 0.3 is 0 Å². The number of hydrogen-bond donors (Lipinski definition) is 1. The molecule has 0 unspecified atom stereocenters. The minimum atomic E-state index is 0.731. The van der Waals surface area contributed by atoms with E-state index in [-0.39, 0.29) is 0 Å². The summed E-state index contributed by atoms with van der Waals surface area (Å²) in [5, 5.41) is 1.24. The van der Waals surface area contributed by atoms with Gasteiger partial charge in [0.15, 0.2) is 0 Å². The van der Waals surface area contributed by atoms with Gasteiger partial charge in [-0.05, 0) is 73.6 Å². The molecule has 1 aromatic carbocycles. The number of anilines is 1. The smallest absolute Gasteiger partial charge is 0.129 e. The quantitative estimate of drug-likeness (QED) is 0.537. The first-order valence-electron chi connectivity index (χ1n) is 11.9. The van der Waals surface area contributed by atoms with Crippen molar-refractivity contribution in [2.45, 2.75) is 40.0 Å².